The van der Waals surface area contributed by atoms with E-state index in [0.717, 1.165) is 38.5 Å². The van der Waals surface area contributed by atoms with Crippen molar-refractivity contribution in [3.05, 3.63) is 134 Å². The molecule has 0 aliphatic carbocycles. The summed E-state index contributed by atoms with van der Waals surface area (Å²) in [6, 6.07) is 40.7. The van der Waals surface area contributed by atoms with Crippen LogP contribution in [0.1, 0.15) is 0 Å². The average molecular weight is 539 g/mol. The van der Waals surface area contributed by atoms with E-state index in [2.05, 4.69) is 48.5 Å². The molecule has 0 fully saturated rings. The van der Waals surface area contributed by atoms with Crippen LogP contribution in [0.5, 0.6) is 0 Å². The second-order valence-electron chi connectivity index (χ2n) is 10.0. The van der Waals surface area contributed by atoms with Gasteiger partial charge in [-0.3, -0.25) is 0 Å². The maximum Gasteiger partial charge on any atom is 0.178 e. The van der Waals surface area contributed by atoms with Crippen molar-refractivity contribution in [3.63, 3.8) is 0 Å². The molecule has 196 valence electrons. The summed E-state index contributed by atoms with van der Waals surface area (Å²) in [5, 5.41) is 5.63. The highest BCUT2D eigenvalue weighted by Gasteiger charge is 2.17. The molecular weight excluding hydrogens is 516 g/mol. The van der Waals surface area contributed by atoms with Crippen LogP contribution >= 0.6 is 0 Å². The average Bonchev–Trinajstić information content (AvgIpc) is 3.08. The van der Waals surface area contributed by atoms with Gasteiger partial charge < -0.3 is 0 Å². The molecule has 0 radical (unpaired) electrons. The zero-order chi connectivity index (χ0) is 27.9. The van der Waals surface area contributed by atoms with Gasteiger partial charge in [-0.2, -0.15) is 0 Å². The van der Waals surface area contributed by atoms with Gasteiger partial charge in [0.2, 0.25) is 0 Å². The quantitative estimate of drug-likeness (QED) is 0.210. The lowest BCUT2D eigenvalue weighted by Gasteiger charge is -2.12. The molecular formula is C36H22N6. The SMILES string of the molecule is c1ccc(-c2nc(-c3ccccc3)nc(-c3cnc(-c4nc5ccccc5c5c4ccc4ccccc45)nc3)n2)cc1. The van der Waals surface area contributed by atoms with Gasteiger partial charge in [-0.05, 0) is 16.8 Å². The van der Waals surface area contributed by atoms with Crippen LogP contribution in [0.2, 0.25) is 0 Å². The Morgan fingerprint density at radius 1 is 0.357 bits per heavy atom. The molecule has 0 aliphatic heterocycles. The Labute approximate surface area is 241 Å². The van der Waals surface area contributed by atoms with E-state index in [0.29, 0.717) is 28.9 Å². The summed E-state index contributed by atoms with van der Waals surface area (Å²) in [7, 11) is 0. The van der Waals surface area contributed by atoms with Crippen LogP contribution in [0.4, 0.5) is 0 Å². The number of aromatic nitrogens is 6. The van der Waals surface area contributed by atoms with Crippen LogP contribution in [-0.2, 0) is 0 Å². The maximum absolute atomic E-state index is 5.02. The standard InChI is InChI=1S/C36H22N6/c1-3-12-24(13-4-1)33-40-34(25-14-5-2-6-15-25)42-35(41-33)26-21-37-36(38-22-26)32-29-20-19-23-11-7-8-16-27(23)31(29)28-17-9-10-18-30(28)39-32/h1-22H. The molecule has 3 aromatic heterocycles. The largest absolute Gasteiger partial charge is 0.244 e. The van der Waals surface area contributed by atoms with Crippen LogP contribution in [-0.4, -0.2) is 29.9 Å². The number of rotatable bonds is 4. The number of benzene rings is 5. The molecule has 6 heteroatoms. The summed E-state index contributed by atoms with van der Waals surface area (Å²) < 4.78 is 0. The summed E-state index contributed by atoms with van der Waals surface area (Å²) in [5.74, 6) is 2.25. The van der Waals surface area contributed by atoms with Gasteiger partial charge in [0.25, 0.3) is 0 Å². The predicted molar refractivity (Wildman–Crippen MR) is 167 cm³/mol. The van der Waals surface area contributed by atoms with Crippen LogP contribution in [0, 0.1) is 0 Å². The normalized spacial score (nSPS) is 11.3. The molecule has 6 nitrogen and oxygen atoms in total. The van der Waals surface area contributed by atoms with Crippen LogP contribution in [0.15, 0.2) is 134 Å². The highest BCUT2D eigenvalue weighted by Crippen LogP contribution is 2.36. The van der Waals surface area contributed by atoms with Gasteiger partial charge in [0.1, 0.15) is 5.69 Å². The van der Waals surface area contributed by atoms with E-state index >= 15 is 0 Å². The molecule has 8 aromatic rings. The van der Waals surface area contributed by atoms with E-state index in [9.17, 15) is 0 Å². The topological polar surface area (TPSA) is 77.3 Å². The van der Waals surface area contributed by atoms with Gasteiger partial charge in [0.05, 0.1) is 11.1 Å². The molecule has 0 atom stereocenters. The first-order chi connectivity index (χ1) is 20.8. The summed E-state index contributed by atoms with van der Waals surface area (Å²) in [4.78, 5) is 29.0. The highest BCUT2D eigenvalue weighted by molar-refractivity contribution is 6.22. The van der Waals surface area contributed by atoms with Crippen molar-refractivity contribution < 1.29 is 0 Å². The van der Waals surface area contributed by atoms with Crippen molar-refractivity contribution in [1.82, 2.24) is 29.9 Å². The van der Waals surface area contributed by atoms with Gasteiger partial charge in [-0.15, -0.1) is 0 Å². The fourth-order valence-corrected chi connectivity index (χ4v) is 5.40. The Hall–Kier alpha value is -5.88. The van der Waals surface area contributed by atoms with Gasteiger partial charge in [-0.1, -0.05) is 115 Å². The number of nitrogens with zero attached hydrogens (tertiary/aromatic N) is 6. The van der Waals surface area contributed by atoms with Crippen molar-refractivity contribution in [1.29, 1.82) is 0 Å². The first-order valence-electron chi connectivity index (χ1n) is 13.7. The minimum absolute atomic E-state index is 0.511. The minimum Gasteiger partial charge on any atom is -0.244 e. The Kier molecular flexibility index (Phi) is 5.67. The Morgan fingerprint density at radius 3 is 1.57 bits per heavy atom. The second kappa shape index (κ2) is 9.94. The zero-order valence-corrected chi connectivity index (χ0v) is 22.4. The minimum atomic E-state index is 0.511. The summed E-state index contributed by atoms with van der Waals surface area (Å²) in [6.07, 6.45) is 3.54. The number of fused-ring (bicyclic) bond motifs is 5. The van der Waals surface area contributed by atoms with E-state index in [1.807, 2.05) is 72.8 Å². The molecule has 42 heavy (non-hydrogen) atoms. The third-order valence-corrected chi connectivity index (χ3v) is 7.41. The monoisotopic (exact) mass is 538 g/mol. The third-order valence-electron chi connectivity index (χ3n) is 7.41. The first kappa shape index (κ1) is 24.0. The van der Waals surface area contributed by atoms with Gasteiger partial charge in [0, 0.05) is 39.7 Å². The lowest BCUT2D eigenvalue weighted by atomic mass is 9.97. The molecule has 0 aliphatic rings. The smallest absolute Gasteiger partial charge is 0.178 e. The van der Waals surface area contributed by atoms with Gasteiger partial charge in [0.15, 0.2) is 23.3 Å². The zero-order valence-electron chi connectivity index (χ0n) is 22.4. The van der Waals surface area contributed by atoms with Crippen molar-refractivity contribution >= 4 is 32.4 Å². The molecule has 5 aromatic carbocycles. The molecule has 0 N–H and O–H groups in total. The molecule has 0 spiro atoms. The van der Waals surface area contributed by atoms with E-state index in [4.69, 9.17) is 29.9 Å². The molecule has 0 bridgehead atoms. The first-order valence-corrected chi connectivity index (χ1v) is 13.7. The Bertz CT molecular complexity index is 2160. The summed E-state index contributed by atoms with van der Waals surface area (Å²) in [6.45, 7) is 0. The number of para-hydroxylation sites is 1. The molecule has 0 unspecified atom stereocenters. The van der Waals surface area contributed by atoms with E-state index in [-0.39, 0.29) is 0 Å². The van der Waals surface area contributed by atoms with E-state index < -0.39 is 0 Å². The number of hydrogen-bond acceptors (Lipinski definition) is 6. The Balaban J connectivity index is 1.28. The summed E-state index contributed by atoms with van der Waals surface area (Å²) in [5.41, 5.74) is 4.17. The second-order valence-corrected chi connectivity index (χ2v) is 10.0. The summed E-state index contributed by atoms with van der Waals surface area (Å²) >= 11 is 0. The third kappa shape index (κ3) is 4.14. The lowest BCUT2D eigenvalue weighted by molar-refractivity contribution is 1.06. The number of pyridine rings is 1. The van der Waals surface area contributed by atoms with Crippen LogP contribution in [0.25, 0.3) is 78.1 Å². The Morgan fingerprint density at radius 2 is 0.905 bits per heavy atom. The maximum atomic E-state index is 5.02. The molecule has 8 rings (SSSR count). The van der Waals surface area contributed by atoms with Crippen molar-refractivity contribution in [3.8, 4) is 45.7 Å². The van der Waals surface area contributed by atoms with Crippen molar-refractivity contribution in [2.75, 3.05) is 0 Å². The van der Waals surface area contributed by atoms with Crippen LogP contribution in [0.3, 0.4) is 0 Å². The molecule has 0 saturated carbocycles. The van der Waals surface area contributed by atoms with Crippen molar-refractivity contribution in [2.24, 2.45) is 0 Å². The lowest BCUT2D eigenvalue weighted by Crippen LogP contribution is -2.01. The predicted octanol–water partition coefficient (Wildman–Crippen LogP) is 8.18. The van der Waals surface area contributed by atoms with Crippen molar-refractivity contribution in [2.45, 2.75) is 0 Å². The van der Waals surface area contributed by atoms with Gasteiger partial charge in [-0.25, -0.2) is 29.9 Å². The fraction of sp³-hybridized carbons (Fsp3) is 0. The van der Waals surface area contributed by atoms with Gasteiger partial charge >= 0.3 is 0 Å². The van der Waals surface area contributed by atoms with E-state index in [1.54, 1.807) is 12.4 Å². The van der Waals surface area contributed by atoms with E-state index in [1.165, 1.54) is 10.8 Å². The molecule has 0 amide bonds. The molecule has 3 heterocycles. The fourth-order valence-electron chi connectivity index (χ4n) is 5.40. The molecule has 0 saturated heterocycles. The van der Waals surface area contributed by atoms with Crippen LogP contribution < -0.4 is 0 Å². The highest BCUT2D eigenvalue weighted by atomic mass is 15.0. The number of hydrogen-bond donors (Lipinski definition) is 0.